The average Bonchev–Trinajstić information content (AvgIpc) is 2.55. The van der Waals surface area contributed by atoms with Crippen LogP contribution in [0.5, 0.6) is 0 Å². The average molecular weight is 255 g/mol. The summed E-state index contributed by atoms with van der Waals surface area (Å²) in [4.78, 5) is 13.5. The molecule has 0 aromatic heterocycles. The topological polar surface area (TPSA) is 65.4 Å². The maximum atomic E-state index is 11.4. The normalized spacial score (nSPS) is 25.1. The number of rotatable bonds is 2. The standard InChI is InChI=1S/C11H17N3O2S/c1-11(2)10(14(3)4)17-8(13-11)7(6-12)9(15)16-5/h10,13H,1-5H3/b8-7-. The quantitative estimate of drug-likeness (QED) is 0.449. The van der Waals surface area contributed by atoms with Gasteiger partial charge in [-0.2, -0.15) is 5.26 Å². The van der Waals surface area contributed by atoms with Crippen LogP contribution in [0.3, 0.4) is 0 Å². The van der Waals surface area contributed by atoms with Crippen molar-refractivity contribution in [3.63, 3.8) is 0 Å². The fourth-order valence-corrected chi connectivity index (χ4v) is 3.16. The number of ether oxygens (including phenoxy) is 1. The third kappa shape index (κ3) is 2.73. The van der Waals surface area contributed by atoms with Crippen LogP contribution < -0.4 is 5.32 Å². The Balaban J connectivity index is 3.09. The van der Waals surface area contributed by atoms with E-state index in [-0.39, 0.29) is 16.5 Å². The van der Waals surface area contributed by atoms with Crippen molar-refractivity contribution in [3.05, 3.63) is 10.6 Å². The predicted octanol–water partition coefficient (Wildman–Crippen LogP) is 0.897. The lowest BCUT2D eigenvalue weighted by atomic mass is 10.1. The molecule has 1 aliphatic rings. The van der Waals surface area contributed by atoms with Crippen LogP contribution in [0.4, 0.5) is 0 Å². The monoisotopic (exact) mass is 255 g/mol. The Kier molecular flexibility index (Phi) is 4.07. The van der Waals surface area contributed by atoms with Crippen molar-refractivity contribution in [2.75, 3.05) is 21.2 Å². The Morgan fingerprint density at radius 1 is 1.59 bits per heavy atom. The lowest BCUT2D eigenvalue weighted by molar-refractivity contribution is -0.135. The second-order valence-corrected chi connectivity index (χ2v) is 5.68. The van der Waals surface area contributed by atoms with Crippen LogP contribution in [0.1, 0.15) is 13.8 Å². The molecule has 1 atom stereocenters. The number of nitriles is 1. The fraction of sp³-hybridized carbons (Fsp3) is 0.636. The van der Waals surface area contributed by atoms with Crippen molar-refractivity contribution in [3.8, 4) is 6.07 Å². The lowest BCUT2D eigenvalue weighted by Crippen LogP contribution is -2.47. The third-order valence-electron chi connectivity index (χ3n) is 2.48. The van der Waals surface area contributed by atoms with Gasteiger partial charge in [-0.15, -0.1) is 0 Å². The molecule has 94 valence electrons. The molecule has 0 radical (unpaired) electrons. The largest absolute Gasteiger partial charge is 0.465 e. The minimum Gasteiger partial charge on any atom is -0.465 e. The molecule has 1 rings (SSSR count). The van der Waals surface area contributed by atoms with Crippen LogP contribution >= 0.6 is 11.8 Å². The van der Waals surface area contributed by atoms with Crippen LogP contribution in [0, 0.1) is 11.3 Å². The summed E-state index contributed by atoms with van der Waals surface area (Å²) >= 11 is 1.47. The predicted molar refractivity (Wildman–Crippen MR) is 66.9 cm³/mol. The highest BCUT2D eigenvalue weighted by molar-refractivity contribution is 8.04. The van der Waals surface area contributed by atoms with Gasteiger partial charge in [-0.25, -0.2) is 4.79 Å². The maximum Gasteiger partial charge on any atom is 0.351 e. The van der Waals surface area contributed by atoms with Crippen LogP contribution in [0.25, 0.3) is 0 Å². The molecule has 1 aliphatic heterocycles. The molecule has 0 amide bonds. The minimum atomic E-state index is -0.599. The molecular weight excluding hydrogens is 238 g/mol. The second kappa shape index (κ2) is 4.98. The maximum absolute atomic E-state index is 11.4. The summed E-state index contributed by atoms with van der Waals surface area (Å²) in [6.45, 7) is 4.06. The number of carbonyl (C=O) groups is 1. The molecule has 0 aliphatic carbocycles. The number of hydrogen-bond acceptors (Lipinski definition) is 6. The summed E-state index contributed by atoms with van der Waals surface area (Å²) in [5.74, 6) is -0.599. The summed E-state index contributed by atoms with van der Waals surface area (Å²) in [7, 11) is 5.21. The van der Waals surface area contributed by atoms with Gasteiger partial charge < -0.3 is 10.1 Å². The number of likely N-dealkylation sites (N-methyl/N-ethyl adjacent to an activating group) is 1. The first-order valence-electron chi connectivity index (χ1n) is 5.17. The lowest BCUT2D eigenvalue weighted by Gasteiger charge is -2.30. The molecule has 1 unspecified atom stereocenters. The summed E-state index contributed by atoms with van der Waals surface area (Å²) in [6.07, 6.45) is 0. The van der Waals surface area contributed by atoms with E-state index in [1.807, 2.05) is 34.0 Å². The second-order valence-electron chi connectivity index (χ2n) is 4.59. The smallest absolute Gasteiger partial charge is 0.351 e. The molecule has 0 bridgehead atoms. The minimum absolute atomic E-state index is 0.0370. The van der Waals surface area contributed by atoms with Crippen molar-refractivity contribution in [1.82, 2.24) is 10.2 Å². The van der Waals surface area contributed by atoms with E-state index in [1.54, 1.807) is 0 Å². The van der Waals surface area contributed by atoms with E-state index >= 15 is 0 Å². The number of carbonyl (C=O) groups excluding carboxylic acids is 1. The van der Waals surface area contributed by atoms with Crippen molar-refractivity contribution in [2.45, 2.75) is 24.8 Å². The summed E-state index contributed by atoms with van der Waals surface area (Å²) in [6, 6.07) is 1.90. The van der Waals surface area contributed by atoms with Crippen molar-refractivity contribution < 1.29 is 9.53 Å². The van der Waals surface area contributed by atoms with Crippen molar-refractivity contribution in [1.29, 1.82) is 5.26 Å². The van der Waals surface area contributed by atoms with Crippen molar-refractivity contribution in [2.24, 2.45) is 0 Å². The van der Waals surface area contributed by atoms with Gasteiger partial charge in [0.2, 0.25) is 0 Å². The van der Waals surface area contributed by atoms with Gasteiger partial charge in [-0.3, -0.25) is 4.90 Å². The van der Waals surface area contributed by atoms with Crippen LogP contribution in [0.15, 0.2) is 10.6 Å². The summed E-state index contributed by atoms with van der Waals surface area (Å²) < 4.78 is 4.59. The van der Waals surface area contributed by atoms with E-state index in [2.05, 4.69) is 15.0 Å². The van der Waals surface area contributed by atoms with E-state index in [9.17, 15) is 4.79 Å². The molecule has 1 heterocycles. The Bertz CT molecular complexity index is 396. The highest BCUT2D eigenvalue weighted by atomic mass is 32.2. The number of esters is 1. The van der Waals surface area contributed by atoms with E-state index < -0.39 is 5.97 Å². The Morgan fingerprint density at radius 2 is 2.18 bits per heavy atom. The van der Waals surface area contributed by atoms with Gasteiger partial charge in [0, 0.05) is 0 Å². The van der Waals surface area contributed by atoms with Gasteiger partial charge in [0.1, 0.15) is 6.07 Å². The van der Waals surface area contributed by atoms with Crippen LogP contribution in [-0.2, 0) is 9.53 Å². The van der Waals surface area contributed by atoms with Gasteiger partial charge in [0.05, 0.1) is 23.1 Å². The SMILES string of the molecule is COC(=O)/C(C#N)=C1/NC(C)(C)C(N(C)C)S1. The third-order valence-corrected chi connectivity index (χ3v) is 4.26. The number of thioether (sulfide) groups is 1. The van der Waals surface area contributed by atoms with Crippen LogP contribution in [0.2, 0.25) is 0 Å². The zero-order valence-electron chi connectivity index (χ0n) is 10.7. The number of hydrogen-bond donors (Lipinski definition) is 1. The molecule has 0 aromatic carbocycles. The molecular formula is C11H17N3O2S. The fourth-order valence-electron chi connectivity index (χ4n) is 1.81. The first-order valence-corrected chi connectivity index (χ1v) is 6.05. The molecule has 1 N–H and O–H groups in total. The molecule has 5 nitrogen and oxygen atoms in total. The number of nitrogens with zero attached hydrogens (tertiary/aromatic N) is 2. The Hall–Kier alpha value is -1.19. The zero-order chi connectivity index (χ0) is 13.2. The Morgan fingerprint density at radius 3 is 2.53 bits per heavy atom. The molecule has 0 aromatic rings. The number of methoxy groups -OCH3 is 1. The summed E-state index contributed by atoms with van der Waals surface area (Å²) in [5, 5.41) is 13.0. The van der Waals surface area contributed by atoms with Crippen LogP contribution in [-0.4, -0.2) is 43.0 Å². The van der Waals surface area contributed by atoms with Gasteiger partial charge in [-0.1, -0.05) is 11.8 Å². The van der Waals surface area contributed by atoms with Gasteiger partial charge >= 0.3 is 5.97 Å². The first kappa shape index (κ1) is 13.9. The Labute approximate surface area is 106 Å². The van der Waals surface area contributed by atoms with Crippen molar-refractivity contribution >= 4 is 17.7 Å². The molecule has 1 saturated heterocycles. The van der Waals surface area contributed by atoms with Gasteiger partial charge in [-0.05, 0) is 27.9 Å². The van der Waals surface area contributed by atoms with E-state index in [0.29, 0.717) is 5.03 Å². The highest BCUT2D eigenvalue weighted by Crippen LogP contribution is 2.39. The van der Waals surface area contributed by atoms with E-state index in [0.717, 1.165) is 0 Å². The molecule has 0 saturated carbocycles. The summed E-state index contributed by atoms with van der Waals surface area (Å²) in [5.41, 5.74) is -0.172. The van der Waals surface area contributed by atoms with Gasteiger partial charge in [0.25, 0.3) is 0 Å². The molecule has 6 heteroatoms. The molecule has 0 spiro atoms. The first-order chi connectivity index (χ1) is 7.83. The van der Waals surface area contributed by atoms with Gasteiger partial charge in [0.15, 0.2) is 5.57 Å². The molecule has 1 fully saturated rings. The molecule has 17 heavy (non-hydrogen) atoms. The van der Waals surface area contributed by atoms with E-state index in [4.69, 9.17) is 5.26 Å². The highest BCUT2D eigenvalue weighted by Gasteiger charge is 2.41. The van der Waals surface area contributed by atoms with E-state index in [1.165, 1.54) is 18.9 Å². The number of nitrogens with one attached hydrogen (secondary N) is 1. The zero-order valence-corrected chi connectivity index (χ0v) is 11.5.